The fourth-order valence-corrected chi connectivity index (χ4v) is 2.29. The highest BCUT2D eigenvalue weighted by molar-refractivity contribution is 6.28. The average molecular weight is 258 g/mol. The van der Waals surface area contributed by atoms with Crippen molar-refractivity contribution in [3.63, 3.8) is 0 Å². The fourth-order valence-electron chi connectivity index (χ4n) is 2.13. The molecule has 1 aromatic rings. The molecule has 0 spiro atoms. The van der Waals surface area contributed by atoms with Crippen molar-refractivity contribution in [3.8, 4) is 0 Å². The lowest BCUT2D eigenvalue weighted by molar-refractivity contribution is 0.113. The minimum atomic E-state index is 0.455. The van der Waals surface area contributed by atoms with Crippen LogP contribution < -0.4 is 5.32 Å². The van der Waals surface area contributed by atoms with E-state index in [0.717, 1.165) is 38.5 Å². The number of nitrogens with zero attached hydrogens (tertiary/aromatic N) is 2. The molecule has 0 aromatic carbocycles. The molecule has 1 aliphatic heterocycles. The van der Waals surface area contributed by atoms with Crippen LogP contribution in [0.2, 0.25) is 5.22 Å². The Labute approximate surface area is 108 Å². The standard InChI is InChI=1S/C12H20ClN3O/c1-15-5-6-16(2)10(9-15)7-14-8-11-3-4-12(13)17-11/h3-4,10,14H,5-9H2,1-2H3. The first-order valence-corrected chi connectivity index (χ1v) is 6.36. The van der Waals surface area contributed by atoms with E-state index in [-0.39, 0.29) is 0 Å². The highest BCUT2D eigenvalue weighted by Gasteiger charge is 2.21. The van der Waals surface area contributed by atoms with E-state index in [0.29, 0.717) is 11.3 Å². The minimum Gasteiger partial charge on any atom is -0.448 e. The van der Waals surface area contributed by atoms with Gasteiger partial charge in [0, 0.05) is 32.2 Å². The minimum absolute atomic E-state index is 0.455. The number of furan rings is 1. The summed E-state index contributed by atoms with van der Waals surface area (Å²) >= 11 is 5.72. The first kappa shape index (κ1) is 12.9. The second-order valence-corrected chi connectivity index (χ2v) is 5.11. The summed E-state index contributed by atoms with van der Waals surface area (Å²) in [6.07, 6.45) is 0. The maximum atomic E-state index is 5.72. The number of rotatable bonds is 4. The Kier molecular flexibility index (Phi) is 4.45. The molecule has 1 atom stereocenters. The summed E-state index contributed by atoms with van der Waals surface area (Å²) in [4.78, 5) is 4.78. The van der Waals surface area contributed by atoms with Gasteiger partial charge in [0.2, 0.25) is 0 Å². The van der Waals surface area contributed by atoms with Gasteiger partial charge in [-0.05, 0) is 37.8 Å². The van der Waals surface area contributed by atoms with E-state index < -0.39 is 0 Å². The second kappa shape index (κ2) is 5.87. The second-order valence-electron chi connectivity index (χ2n) is 4.73. The van der Waals surface area contributed by atoms with Crippen molar-refractivity contribution in [1.82, 2.24) is 15.1 Å². The molecule has 0 bridgehead atoms. The number of hydrogen-bond acceptors (Lipinski definition) is 4. The van der Waals surface area contributed by atoms with Crippen LogP contribution in [-0.2, 0) is 6.54 Å². The van der Waals surface area contributed by atoms with Gasteiger partial charge >= 0.3 is 0 Å². The molecule has 1 fully saturated rings. The predicted octanol–water partition coefficient (Wildman–Crippen LogP) is 1.27. The molecular formula is C12H20ClN3O. The number of likely N-dealkylation sites (N-methyl/N-ethyl adjacent to an activating group) is 2. The van der Waals surface area contributed by atoms with Crippen molar-refractivity contribution in [3.05, 3.63) is 23.1 Å². The molecule has 1 saturated heterocycles. The summed E-state index contributed by atoms with van der Waals surface area (Å²) in [7, 11) is 4.36. The molecule has 1 aromatic heterocycles. The molecule has 2 heterocycles. The molecular weight excluding hydrogens is 238 g/mol. The predicted molar refractivity (Wildman–Crippen MR) is 69.3 cm³/mol. The van der Waals surface area contributed by atoms with Crippen LogP contribution in [0.15, 0.2) is 16.5 Å². The van der Waals surface area contributed by atoms with Crippen LogP contribution in [0.5, 0.6) is 0 Å². The maximum Gasteiger partial charge on any atom is 0.193 e. The van der Waals surface area contributed by atoms with E-state index in [2.05, 4.69) is 29.2 Å². The third-order valence-electron chi connectivity index (χ3n) is 3.29. The van der Waals surface area contributed by atoms with Gasteiger partial charge in [0.15, 0.2) is 5.22 Å². The van der Waals surface area contributed by atoms with E-state index in [1.54, 1.807) is 6.07 Å². The molecule has 0 amide bonds. The summed E-state index contributed by atoms with van der Waals surface area (Å²) in [6, 6.07) is 4.25. The molecule has 1 N–H and O–H groups in total. The third-order valence-corrected chi connectivity index (χ3v) is 3.49. The van der Waals surface area contributed by atoms with E-state index >= 15 is 0 Å². The van der Waals surface area contributed by atoms with Crippen LogP contribution in [0.25, 0.3) is 0 Å². The van der Waals surface area contributed by atoms with Crippen molar-refractivity contribution in [2.45, 2.75) is 12.6 Å². The summed E-state index contributed by atoms with van der Waals surface area (Å²) in [5.74, 6) is 0.891. The highest BCUT2D eigenvalue weighted by atomic mass is 35.5. The van der Waals surface area contributed by atoms with Gasteiger partial charge in [0.1, 0.15) is 5.76 Å². The van der Waals surface area contributed by atoms with E-state index in [1.165, 1.54) is 0 Å². The van der Waals surface area contributed by atoms with Gasteiger partial charge in [-0.3, -0.25) is 4.90 Å². The lowest BCUT2D eigenvalue weighted by Gasteiger charge is -2.37. The summed E-state index contributed by atoms with van der Waals surface area (Å²) < 4.78 is 5.30. The molecule has 0 radical (unpaired) electrons. The Morgan fingerprint density at radius 1 is 1.41 bits per heavy atom. The number of nitrogens with one attached hydrogen (secondary N) is 1. The summed E-state index contributed by atoms with van der Waals surface area (Å²) in [6.45, 7) is 5.11. The lowest BCUT2D eigenvalue weighted by atomic mass is 10.2. The monoisotopic (exact) mass is 257 g/mol. The number of hydrogen-bond donors (Lipinski definition) is 1. The molecule has 2 rings (SSSR count). The summed E-state index contributed by atoms with van der Waals surface area (Å²) in [5, 5.41) is 3.87. The highest BCUT2D eigenvalue weighted by Crippen LogP contribution is 2.12. The third kappa shape index (κ3) is 3.71. The van der Waals surface area contributed by atoms with Gasteiger partial charge in [0.25, 0.3) is 0 Å². The number of halogens is 1. The molecule has 1 aliphatic rings. The van der Waals surface area contributed by atoms with Gasteiger partial charge in [-0.2, -0.15) is 0 Å². The Balaban J connectivity index is 1.74. The van der Waals surface area contributed by atoms with Crippen LogP contribution in [0.1, 0.15) is 5.76 Å². The summed E-state index contributed by atoms with van der Waals surface area (Å²) in [5.41, 5.74) is 0. The van der Waals surface area contributed by atoms with Crippen molar-refractivity contribution in [2.75, 3.05) is 40.3 Å². The Morgan fingerprint density at radius 3 is 2.94 bits per heavy atom. The Morgan fingerprint density at radius 2 is 2.24 bits per heavy atom. The van der Waals surface area contributed by atoms with Crippen molar-refractivity contribution < 1.29 is 4.42 Å². The molecule has 4 nitrogen and oxygen atoms in total. The van der Waals surface area contributed by atoms with Crippen LogP contribution in [0.3, 0.4) is 0 Å². The molecule has 1 unspecified atom stereocenters. The maximum absolute atomic E-state index is 5.72. The molecule has 96 valence electrons. The first-order valence-electron chi connectivity index (χ1n) is 5.99. The van der Waals surface area contributed by atoms with Gasteiger partial charge in [-0.1, -0.05) is 0 Å². The Hall–Kier alpha value is -0.550. The Bertz CT molecular complexity index is 355. The molecule has 0 aliphatic carbocycles. The molecule has 17 heavy (non-hydrogen) atoms. The van der Waals surface area contributed by atoms with Gasteiger partial charge in [-0.15, -0.1) is 0 Å². The van der Waals surface area contributed by atoms with E-state index in [9.17, 15) is 0 Å². The van der Waals surface area contributed by atoms with Crippen LogP contribution in [-0.4, -0.2) is 56.1 Å². The average Bonchev–Trinajstić information content (AvgIpc) is 2.69. The molecule has 5 heteroatoms. The normalized spacial score (nSPS) is 23.1. The SMILES string of the molecule is CN1CCN(C)C(CNCc2ccc(Cl)o2)C1. The van der Waals surface area contributed by atoms with Crippen molar-refractivity contribution in [2.24, 2.45) is 0 Å². The first-order chi connectivity index (χ1) is 8.15. The van der Waals surface area contributed by atoms with Gasteiger partial charge < -0.3 is 14.6 Å². The van der Waals surface area contributed by atoms with Crippen LogP contribution in [0.4, 0.5) is 0 Å². The van der Waals surface area contributed by atoms with Crippen molar-refractivity contribution >= 4 is 11.6 Å². The van der Waals surface area contributed by atoms with Gasteiger partial charge in [0.05, 0.1) is 6.54 Å². The van der Waals surface area contributed by atoms with Crippen molar-refractivity contribution in [1.29, 1.82) is 0 Å². The van der Waals surface area contributed by atoms with E-state index in [4.69, 9.17) is 16.0 Å². The number of piperazine rings is 1. The topological polar surface area (TPSA) is 31.6 Å². The van der Waals surface area contributed by atoms with Gasteiger partial charge in [-0.25, -0.2) is 0 Å². The smallest absolute Gasteiger partial charge is 0.193 e. The quantitative estimate of drug-likeness (QED) is 0.880. The van der Waals surface area contributed by atoms with Crippen LogP contribution in [0, 0.1) is 0 Å². The lowest BCUT2D eigenvalue weighted by Crippen LogP contribution is -2.53. The zero-order chi connectivity index (χ0) is 12.3. The molecule has 0 saturated carbocycles. The fraction of sp³-hybridized carbons (Fsp3) is 0.667. The van der Waals surface area contributed by atoms with Crippen LogP contribution >= 0.6 is 11.6 Å². The largest absolute Gasteiger partial charge is 0.448 e. The zero-order valence-electron chi connectivity index (χ0n) is 10.4. The van der Waals surface area contributed by atoms with E-state index in [1.807, 2.05) is 6.07 Å². The zero-order valence-corrected chi connectivity index (χ0v) is 11.2.